The molecule has 0 aliphatic rings. The van der Waals surface area contributed by atoms with Gasteiger partial charge in [0.05, 0.1) is 6.61 Å². The Balaban J connectivity index is 2.62. The molecule has 0 unspecified atom stereocenters. The topological polar surface area (TPSA) is 21.3 Å². The SMILES string of the molecule is CNOCc1ccccc1C. The van der Waals surface area contributed by atoms with E-state index in [1.165, 1.54) is 11.1 Å². The molecule has 1 N–H and O–H groups in total. The third-order valence-corrected chi connectivity index (χ3v) is 1.63. The minimum Gasteiger partial charge on any atom is -0.297 e. The van der Waals surface area contributed by atoms with Crippen LogP contribution >= 0.6 is 0 Å². The Morgan fingerprint density at radius 3 is 2.73 bits per heavy atom. The summed E-state index contributed by atoms with van der Waals surface area (Å²) in [6.07, 6.45) is 0. The van der Waals surface area contributed by atoms with E-state index >= 15 is 0 Å². The standard InChI is InChI=1S/C9H13NO/c1-8-5-3-4-6-9(8)7-11-10-2/h3-6,10H,7H2,1-2H3. The summed E-state index contributed by atoms with van der Waals surface area (Å²) in [6.45, 7) is 2.71. The zero-order valence-electron chi connectivity index (χ0n) is 6.92. The van der Waals surface area contributed by atoms with Crippen LogP contribution in [0.2, 0.25) is 0 Å². The number of hydrogen-bond acceptors (Lipinski definition) is 2. The maximum Gasteiger partial charge on any atom is 0.0935 e. The lowest BCUT2D eigenvalue weighted by atomic mass is 10.1. The number of benzene rings is 1. The molecule has 1 rings (SSSR count). The molecule has 0 heterocycles. The van der Waals surface area contributed by atoms with Crippen LogP contribution in [0, 0.1) is 6.92 Å². The molecular formula is C9H13NO. The average Bonchev–Trinajstić information content (AvgIpc) is 2.03. The molecule has 0 atom stereocenters. The second-order valence-corrected chi connectivity index (χ2v) is 2.42. The second-order valence-electron chi connectivity index (χ2n) is 2.42. The monoisotopic (exact) mass is 151 g/mol. The summed E-state index contributed by atoms with van der Waals surface area (Å²) in [5, 5.41) is 0. The first kappa shape index (κ1) is 8.24. The molecule has 0 radical (unpaired) electrons. The highest BCUT2D eigenvalue weighted by Crippen LogP contribution is 2.06. The molecule has 0 aliphatic heterocycles. The van der Waals surface area contributed by atoms with Gasteiger partial charge in [0.2, 0.25) is 0 Å². The van der Waals surface area contributed by atoms with Gasteiger partial charge < -0.3 is 0 Å². The molecular weight excluding hydrogens is 138 g/mol. The van der Waals surface area contributed by atoms with Crippen molar-refractivity contribution in [1.29, 1.82) is 0 Å². The summed E-state index contributed by atoms with van der Waals surface area (Å²) in [5.74, 6) is 0. The quantitative estimate of drug-likeness (QED) is 0.663. The molecule has 0 fully saturated rings. The highest BCUT2D eigenvalue weighted by Gasteiger charge is 1.94. The fourth-order valence-electron chi connectivity index (χ4n) is 0.922. The molecule has 2 heteroatoms. The van der Waals surface area contributed by atoms with Gasteiger partial charge in [-0.1, -0.05) is 24.3 Å². The van der Waals surface area contributed by atoms with E-state index in [0.29, 0.717) is 6.61 Å². The summed E-state index contributed by atoms with van der Waals surface area (Å²) in [6, 6.07) is 8.18. The van der Waals surface area contributed by atoms with Crippen molar-refractivity contribution in [1.82, 2.24) is 5.48 Å². The number of hydroxylamine groups is 1. The Kier molecular flexibility index (Phi) is 3.08. The van der Waals surface area contributed by atoms with Gasteiger partial charge in [-0.05, 0) is 18.1 Å². The largest absolute Gasteiger partial charge is 0.297 e. The van der Waals surface area contributed by atoms with Crippen LogP contribution < -0.4 is 5.48 Å². The minimum absolute atomic E-state index is 0.628. The molecule has 1 aromatic rings. The highest BCUT2D eigenvalue weighted by molar-refractivity contribution is 5.24. The smallest absolute Gasteiger partial charge is 0.0935 e. The van der Waals surface area contributed by atoms with Crippen LogP contribution in [0.5, 0.6) is 0 Å². The van der Waals surface area contributed by atoms with E-state index in [4.69, 9.17) is 4.84 Å². The average molecular weight is 151 g/mol. The highest BCUT2D eigenvalue weighted by atomic mass is 16.6. The van der Waals surface area contributed by atoms with Gasteiger partial charge in [-0.15, -0.1) is 0 Å². The zero-order valence-corrected chi connectivity index (χ0v) is 6.92. The number of rotatable bonds is 3. The maximum atomic E-state index is 5.05. The van der Waals surface area contributed by atoms with Crippen LogP contribution in [0.1, 0.15) is 11.1 Å². The lowest BCUT2D eigenvalue weighted by Gasteiger charge is -2.04. The zero-order chi connectivity index (χ0) is 8.10. The van der Waals surface area contributed by atoms with Crippen LogP contribution in [0.3, 0.4) is 0 Å². The van der Waals surface area contributed by atoms with Gasteiger partial charge in [-0.3, -0.25) is 4.84 Å². The van der Waals surface area contributed by atoms with E-state index in [1.807, 2.05) is 12.1 Å². The van der Waals surface area contributed by atoms with Crippen molar-refractivity contribution in [3.63, 3.8) is 0 Å². The van der Waals surface area contributed by atoms with Crippen LogP contribution in [0.25, 0.3) is 0 Å². The van der Waals surface area contributed by atoms with Gasteiger partial charge >= 0.3 is 0 Å². The van der Waals surface area contributed by atoms with E-state index in [9.17, 15) is 0 Å². The van der Waals surface area contributed by atoms with E-state index in [2.05, 4.69) is 24.5 Å². The van der Waals surface area contributed by atoms with Crippen molar-refractivity contribution in [2.45, 2.75) is 13.5 Å². The normalized spacial score (nSPS) is 10.0. The van der Waals surface area contributed by atoms with Crippen molar-refractivity contribution >= 4 is 0 Å². The van der Waals surface area contributed by atoms with Crippen molar-refractivity contribution in [2.75, 3.05) is 7.05 Å². The third kappa shape index (κ3) is 2.33. The predicted molar refractivity (Wildman–Crippen MR) is 45.0 cm³/mol. The van der Waals surface area contributed by atoms with E-state index in [-0.39, 0.29) is 0 Å². The van der Waals surface area contributed by atoms with Gasteiger partial charge in [-0.2, -0.15) is 0 Å². The van der Waals surface area contributed by atoms with Gasteiger partial charge in [0, 0.05) is 7.05 Å². The minimum atomic E-state index is 0.628. The van der Waals surface area contributed by atoms with Crippen LogP contribution in [0.4, 0.5) is 0 Å². The number of hydrogen-bond donors (Lipinski definition) is 1. The van der Waals surface area contributed by atoms with Crippen molar-refractivity contribution in [3.05, 3.63) is 35.4 Å². The fourth-order valence-corrected chi connectivity index (χ4v) is 0.922. The maximum absolute atomic E-state index is 5.05. The Morgan fingerprint density at radius 1 is 1.36 bits per heavy atom. The molecule has 0 aromatic heterocycles. The van der Waals surface area contributed by atoms with Gasteiger partial charge in [0.1, 0.15) is 0 Å². The van der Waals surface area contributed by atoms with Gasteiger partial charge in [-0.25, -0.2) is 5.48 Å². The molecule has 0 aliphatic carbocycles. The lowest BCUT2D eigenvalue weighted by Crippen LogP contribution is -2.07. The van der Waals surface area contributed by atoms with Crippen LogP contribution in [0.15, 0.2) is 24.3 Å². The van der Waals surface area contributed by atoms with Crippen molar-refractivity contribution < 1.29 is 4.84 Å². The molecule has 2 nitrogen and oxygen atoms in total. The summed E-state index contributed by atoms with van der Waals surface area (Å²) in [4.78, 5) is 5.05. The first-order chi connectivity index (χ1) is 5.34. The number of nitrogens with one attached hydrogen (secondary N) is 1. The van der Waals surface area contributed by atoms with Crippen molar-refractivity contribution in [2.24, 2.45) is 0 Å². The van der Waals surface area contributed by atoms with E-state index in [1.54, 1.807) is 7.05 Å². The summed E-state index contributed by atoms with van der Waals surface area (Å²) < 4.78 is 0. The fraction of sp³-hybridized carbons (Fsp3) is 0.333. The first-order valence-corrected chi connectivity index (χ1v) is 3.67. The van der Waals surface area contributed by atoms with E-state index < -0.39 is 0 Å². The Bertz CT molecular complexity index is 223. The second kappa shape index (κ2) is 4.11. The summed E-state index contributed by atoms with van der Waals surface area (Å²) in [7, 11) is 1.76. The first-order valence-electron chi connectivity index (χ1n) is 3.67. The Labute approximate surface area is 67.1 Å². The molecule has 0 bridgehead atoms. The van der Waals surface area contributed by atoms with Crippen LogP contribution in [-0.4, -0.2) is 7.05 Å². The molecule has 0 spiro atoms. The molecule has 11 heavy (non-hydrogen) atoms. The van der Waals surface area contributed by atoms with Gasteiger partial charge in [0.15, 0.2) is 0 Å². The lowest BCUT2D eigenvalue weighted by molar-refractivity contribution is 0.0442. The summed E-state index contributed by atoms with van der Waals surface area (Å²) in [5.41, 5.74) is 5.13. The molecule has 0 amide bonds. The molecule has 0 saturated heterocycles. The van der Waals surface area contributed by atoms with E-state index in [0.717, 1.165) is 0 Å². The molecule has 60 valence electrons. The molecule has 1 aromatic carbocycles. The Hall–Kier alpha value is -0.860. The third-order valence-electron chi connectivity index (χ3n) is 1.63. The molecule has 0 saturated carbocycles. The van der Waals surface area contributed by atoms with Crippen LogP contribution in [-0.2, 0) is 11.4 Å². The van der Waals surface area contributed by atoms with Crippen molar-refractivity contribution in [3.8, 4) is 0 Å². The Morgan fingerprint density at radius 2 is 2.09 bits per heavy atom. The number of aryl methyl sites for hydroxylation is 1. The van der Waals surface area contributed by atoms with Gasteiger partial charge in [0.25, 0.3) is 0 Å². The predicted octanol–water partition coefficient (Wildman–Crippen LogP) is 1.65. The summed E-state index contributed by atoms with van der Waals surface area (Å²) >= 11 is 0.